The van der Waals surface area contributed by atoms with Crippen molar-refractivity contribution in [3.63, 3.8) is 0 Å². The van der Waals surface area contributed by atoms with Crippen LogP contribution >= 0.6 is 68.0 Å². The predicted octanol–water partition coefficient (Wildman–Crippen LogP) is 11.6. The fourth-order valence-electron chi connectivity index (χ4n) is 4.11. The fourth-order valence-corrected chi connectivity index (χ4v) is 11.1. The Balaban J connectivity index is 1.30. The lowest BCUT2D eigenvalue weighted by molar-refractivity contribution is 1.53. The van der Waals surface area contributed by atoms with Crippen molar-refractivity contribution in [2.75, 3.05) is 0 Å². The van der Waals surface area contributed by atoms with Gasteiger partial charge in [-0.2, -0.15) is 0 Å². The van der Waals surface area contributed by atoms with E-state index in [1.807, 2.05) is 68.0 Å². The molecule has 0 N–H and O–H groups in total. The normalized spacial score (nSPS) is 11.5. The van der Waals surface area contributed by atoms with Gasteiger partial charge in [0.15, 0.2) is 0 Å². The van der Waals surface area contributed by atoms with E-state index in [0.717, 1.165) is 0 Å². The van der Waals surface area contributed by atoms with Crippen LogP contribution in [-0.2, 0) is 0 Å². The Morgan fingerprint density at radius 3 is 1.18 bits per heavy atom. The number of rotatable bonds is 5. The Kier molecular flexibility index (Phi) is 6.00. The molecule has 0 spiro atoms. The molecule has 6 aromatic rings. The van der Waals surface area contributed by atoms with Gasteiger partial charge in [-0.15, -0.1) is 68.0 Å². The molecule has 6 heteroatoms. The van der Waals surface area contributed by atoms with Gasteiger partial charge in [0, 0.05) is 48.8 Å². The zero-order valence-electron chi connectivity index (χ0n) is 19.2. The van der Waals surface area contributed by atoms with Crippen molar-refractivity contribution in [1.82, 2.24) is 0 Å². The maximum absolute atomic E-state index is 2.36. The van der Waals surface area contributed by atoms with Gasteiger partial charge in [-0.05, 0) is 109 Å². The molecular formula is C28H22S6. The number of thiophene rings is 6. The van der Waals surface area contributed by atoms with Gasteiger partial charge in [0.25, 0.3) is 0 Å². The van der Waals surface area contributed by atoms with Crippen LogP contribution in [0.4, 0.5) is 0 Å². The molecule has 0 fully saturated rings. The molecule has 0 saturated heterocycles. The summed E-state index contributed by atoms with van der Waals surface area (Å²) in [6.45, 7) is 8.90. The first-order valence-electron chi connectivity index (χ1n) is 11.0. The minimum atomic E-state index is 1.36. The standard InChI is InChI=1S/C28H22S6/c1-15-9-11-29-25(15)23-13-17(3)27(33-23)21-7-5-19(31-21)20-6-8-22(32-20)28-18(4)14-24(34-28)26-16(2)10-12-30-26/h5-14H,1-4H3. The lowest BCUT2D eigenvalue weighted by atomic mass is 10.2. The van der Waals surface area contributed by atoms with Crippen LogP contribution in [0, 0.1) is 27.7 Å². The van der Waals surface area contributed by atoms with E-state index in [1.165, 1.54) is 71.0 Å². The molecule has 6 rings (SSSR count). The third-order valence-corrected chi connectivity index (χ3v) is 13.5. The molecule has 0 aliphatic carbocycles. The summed E-state index contributed by atoms with van der Waals surface area (Å²) in [7, 11) is 0. The highest BCUT2D eigenvalue weighted by molar-refractivity contribution is 7.30. The summed E-state index contributed by atoms with van der Waals surface area (Å²) in [5, 5.41) is 4.38. The van der Waals surface area contributed by atoms with Crippen molar-refractivity contribution < 1.29 is 0 Å². The quantitative estimate of drug-likeness (QED) is 0.200. The van der Waals surface area contributed by atoms with Gasteiger partial charge in [0.05, 0.1) is 0 Å². The summed E-state index contributed by atoms with van der Waals surface area (Å²) >= 11 is 11.4. The van der Waals surface area contributed by atoms with Crippen LogP contribution in [0.2, 0.25) is 0 Å². The molecule has 0 unspecified atom stereocenters. The van der Waals surface area contributed by atoms with Gasteiger partial charge in [-0.25, -0.2) is 0 Å². The Hall–Kier alpha value is -1.80. The molecule has 6 heterocycles. The van der Waals surface area contributed by atoms with Crippen molar-refractivity contribution in [1.29, 1.82) is 0 Å². The van der Waals surface area contributed by atoms with Crippen molar-refractivity contribution >= 4 is 68.0 Å². The van der Waals surface area contributed by atoms with Crippen LogP contribution in [0.25, 0.3) is 48.8 Å². The van der Waals surface area contributed by atoms with Crippen LogP contribution in [0.1, 0.15) is 22.3 Å². The van der Waals surface area contributed by atoms with Gasteiger partial charge < -0.3 is 0 Å². The number of hydrogen-bond acceptors (Lipinski definition) is 6. The zero-order chi connectivity index (χ0) is 23.4. The van der Waals surface area contributed by atoms with E-state index in [2.05, 4.69) is 87.0 Å². The Morgan fingerprint density at radius 2 is 0.794 bits per heavy atom. The molecule has 6 aromatic heterocycles. The van der Waals surface area contributed by atoms with Crippen molar-refractivity contribution in [2.45, 2.75) is 27.7 Å². The molecule has 0 radical (unpaired) electrons. The van der Waals surface area contributed by atoms with Gasteiger partial charge >= 0.3 is 0 Å². The zero-order valence-corrected chi connectivity index (χ0v) is 24.1. The van der Waals surface area contributed by atoms with Crippen molar-refractivity contribution in [3.05, 3.63) is 81.5 Å². The highest BCUT2D eigenvalue weighted by atomic mass is 32.1. The average Bonchev–Trinajstić information content (AvgIpc) is 3.62. The smallest absolute Gasteiger partial charge is 0.0478 e. The molecule has 0 atom stereocenters. The predicted molar refractivity (Wildman–Crippen MR) is 160 cm³/mol. The molecule has 0 aliphatic heterocycles. The summed E-state index contributed by atoms with van der Waals surface area (Å²) in [6.07, 6.45) is 0. The number of aryl methyl sites for hydroxylation is 4. The summed E-state index contributed by atoms with van der Waals surface area (Å²) in [5.74, 6) is 0. The average molecular weight is 551 g/mol. The maximum Gasteiger partial charge on any atom is 0.0478 e. The summed E-state index contributed by atoms with van der Waals surface area (Å²) in [6, 6.07) is 18.3. The van der Waals surface area contributed by atoms with Crippen molar-refractivity contribution in [3.8, 4) is 48.8 Å². The maximum atomic E-state index is 2.36. The molecule has 0 bridgehead atoms. The molecule has 0 amide bonds. The lowest BCUT2D eigenvalue weighted by Gasteiger charge is -1.96. The third-order valence-electron chi connectivity index (χ3n) is 5.91. The lowest BCUT2D eigenvalue weighted by Crippen LogP contribution is -1.68. The largest absolute Gasteiger partial charge is 0.143 e. The Morgan fingerprint density at radius 1 is 0.382 bits per heavy atom. The first-order chi connectivity index (χ1) is 16.5. The minimum Gasteiger partial charge on any atom is -0.143 e. The molecule has 34 heavy (non-hydrogen) atoms. The van der Waals surface area contributed by atoms with Crippen LogP contribution in [0.3, 0.4) is 0 Å². The fraction of sp³-hybridized carbons (Fsp3) is 0.143. The van der Waals surface area contributed by atoms with Crippen molar-refractivity contribution in [2.24, 2.45) is 0 Å². The molecule has 170 valence electrons. The molecule has 0 saturated carbocycles. The summed E-state index contributed by atoms with van der Waals surface area (Å²) in [5.41, 5.74) is 5.49. The SMILES string of the molecule is Cc1ccsc1-c1cc(C)c(-c2ccc(-c3ccc(-c4sc(-c5sccc5C)cc4C)s3)s2)s1. The van der Waals surface area contributed by atoms with Crippen LogP contribution in [0.5, 0.6) is 0 Å². The van der Waals surface area contributed by atoms with Crippen LogP contribution < -0.4 is 0 Å². The van der Waals surface area contributed by atoms with Crippen LogP contribution in [0.15, 0.2) is 59.3 Å². The van der Waals surface area contributed by atoms with E-state index in [1.54, 1.807) is 0 Å². The second-order valence-corrected chi connectivity index (χ2v) is 14.5. The molecule has 0 nitrogen and oxygen atoms in total. The van der Waals surface area contributed by atoms with E-state index in [4.69, 9.17) is 0 Å². The number of hydrogen-bond donors (Lipinski definition) is 0. The van der Waals surface area contributed by atoms with Gasteiger partial charge in [-0.1, -0.05) is 0 Å². The highest BCUT2D eigenvalue weighted by Crippen LogP contribution is 2.48. The third kappa shape index (κ3) is 4.00. The summed E-state index contributed by atoms with van der Waals surface area (Å²) < 4.78 is 0. The van der Waals surface area contributed by atoms with Gasteiger partial charge in [-0.3, -0.25) is 0 Å². The van der Waals surface area contributed by atoms with Gasteiger partial charge in [0.1, 0.15) is 0 Å². The summed E-state index contributed by atoms with van der Waals surface area (Å²) in [4.78, 5) is 13.8. The van der Waals surface area contributed by atoms with Gasteiger partial charge in [0.2, 0.25) is 0 Å². The van der Waals surface area contributed by atoms with Crippen LogP contribution in [-0.4, -0.2) is 0 Å². The topological polar surface area (TPSA) is 0 Å². The molecular weight excluding hydrogens is 529 g/mol. The first kappa shape index (κ1) is 22.7. The minimum absolute atomic E-state index is 1.36. The van der Waals surface area contributed by atoms with E-state index < -0.39 is 0 Å². The van der Waals surface area contributed by atoms with E-state index >= 15 is 0 Å². The molecule has 0 aliphatic rings. The highest BCUT2D eigenvalue weighted by Gasteiger charge is 2.17. The Labute approximate surface area is 224 Å². The van der Waals surface area contributed by atoms with E-state index in [0.29, 0.717) is 0 Å². The molecule has 0 aromatic carbocycles. The van der Waals surface area contributed by atoms with E-state index in [9.17, 15) is 0 Å². The monoisotopic (exact) mass is 550 g/mol. The second kappa shape index (κ2) is 9.01. The second-order valence-electron chi connectivity index (χ2n) is 8.44. The van der Waals surface area contributed by atoms with E-state index in [-0.39, 0.29) is 0 Å². The Bertz CT molecular complexity index is 1480. The first-order valence-corrected chi connectivity index (χ1v) is 16.0.